The SMILES string of the molecule is CCC(C)N(C)CCNC(=NC)NCCCN1CCCCC1C.I. The topological polar surface area (TPSA) is 42.9 Å². The molecule has 0 aromatic carbocycles. The van der Waals surface area contributed by atoms with Crippen LogP contribution in [0.4, 0.5) is 0 Å². The number of nitrogens with zero attached hydrogens (tertiary/aromatic N) is 3. The Morgan fingerprint density at radius 2 is 2.00 bits per heavy atom. The van der Waals surface area contributed by atoms with Crippen molar-refractivity contribution in [2.75, 3.05) is 46.8 Å². The van der Waals surface area contributed by atoms with Gasteiger partial charge in [0.15, 0.2) is 5.96 Å². The van der Waals surface area contributed by atoms with Crippen LogP contribution in [0.3, 0.4) is 0 Å². The normalized spacial score (nSPS) is 20.6. The van der Waals surface area contributed by atoms with Crippen molar-refractivity contribution in [1.29, 1.82) is 0 Å². The molecule has 0 radical (unpaired) electrons. The number of likely N-dealkylation sites (N-methyl/N-ethyl adjacent to an activating group) is 1. The number of nitrogens with one attached hydrogen (secondary N) is 2. The second kappa shape index (κ2) is 14.1. The van der Waals surface area contributed by atoms with Crippen LogP contribution in [0, 0.1) is 0 Å². The smallest absolute Gasteiger partial charge is 0.191 e. The molecule has 0 bridgehead atoms. The third-order valence-corrected chi connectivity index (χ3v) is 5.18. The first-order chi connectivity index (χ1) is 11.1. The molecular weight excluding hydrogens is 413 g/mol. The summed E-state index contributed by atoms with van der Waals surface area (Å²) < 4.78 is 0. The number of hydrogen-bond acceptors (Lipinski definition) is 3. The second-order valence-corrected chi connectivity index (χ2v) is 6.90. The minimum absolute atomic E-state index is 0. The summed E-state index contributed by atoms with van der Waals surface area (Å²) in [6, 6.07) is 1.40. The third kappa shape index (κ3) is 9.42. The maximum atomic E-state index is 4.31. The molecular formula is C18H40IN5. The van der Waals surface area contributed by atoms with Gasteiger partial charge in [0.1, 0.15) is 0 Å². The maximum absolute atomic E-state index is 4.31. The number of halogens is 1. The van der Waals surface area contributed by atoms with Crippen molar-refractivity contribution in [3.8, 4) is 0 Å². The fourth-order valence-corrected chi connectivity index (χ4v) is 3.08. The van der Waals surface area contributed by atoms with Gasteiger partial charge in [0.25, 0.3) is 0 Å². The van der Waals surface area contributed by atoms with E-state index in [2.05, 4.69) is 53.2 Å². The number of guanidine groups is 1. The van der Waals surface area contributed by atoms with Crippen molar-refractivity contribution in [2.24, 2.45) is 4.99 Å². The van der Waals surface area contributed by atoms with Gasteiger partial charge in [-0.15, -0.1) is 24.0 Å². The van der Waals surface area contributed by atoms with Crippen LogP contribution in [0.15, 0.2) is 4.99 Å². The summed E-state index contributed by atoms with van der Waals surface area (Å²) in [7, 11) is 4.03. The van der Waals surface area contributed by atoms with Gasteiger partial charge in [-0.05, 0) is 53.1 Å². The molecule has 1 aliphatic heterocycles. The lowest BCUT2D eigenvalue weighted by molar-refractivity contribution is 0.159. The maximum Gasteiger partial charge on any atom is 0.191 e. The number of hydrogen-bond donors (Lipinski definition) is 2. The minimum Gasteiger partial charge on any atom is -0.356 e. The molecule has 2 unspecified atom stereocenters. The molecule has 0 aromatic heterocycles. The van der Waals surface area contributed by atoms with Crippen LogP contribution in [0.5, 0.6) is 0 Å². The first-order valence-corrected chi connectivity index (χ1v) is 9.47. The highest BCUT2D eigenvalue weighted by Gasteiger charge is 2.17. The lowest BCUT2D eigenvalue weighted by Gasteiger charge is -2.33. The van der Waals surface area contributed by atoms with Crippen LogP contribution in [0.1, 0.15) is 52.9 Å². The van der Waals surface area contributed by atoms with E-state index in [-0.39, 0.29) is 24.0 Å². The summed E-state index contributed by atoms with van der Waals surface area (Å²) >= 11 is 0. The molecule has 1 saturated heterocycles. The van der Waals surface area contributed by atoms with Gasteiger partial charge in [-0.3, -0.25) is 4.99 Å². The first-order valence-electron chi connectivity index (χ1n) is 9.47. The van der Waals surface area contributed by atoms with E-state index in [0.717, 1.165) is 31.6 Å². The summed E-state index contributed by atoms with van der Waals surface area (Å²) in [4.78, 5) is 9.33. The predicted molar refractivity (Wildman–Crippen MR) is 117 cm³/mol. The van der Waals surface area contributed by atoms with E-state index in [0.29, 0.717) is 6.04 Å². The van der Waals surface area contributed by atoms with Crippen LogP contribution in [-0.2, 0) is 0 Å². The monoisotopic (exact) mass is 453 g/mol. The van der Waals surface area contributed by atoms with E-state index in [1.165, 1.54) is 45.2 Å². The third-order valence-electron chi connectivity index (χ3n) is 5.18. The summed E-state index contributed by atoms with van der Waals surface area (Å²) in [6.07, 6.45) is 6.50. The van der Waals surface area contributed by atoms with Crippen molar-refractivity contribution in [3.63, 3.8) is 0 Å². The van der Waals surface area contributed by atoms with Crippen LogP contribution in [0.25, 0.3) is 0 Å². The van der Waals surface area contributed by atoms with Gasteiger partial charge in [0, 0.05) is 45.3 Å². The molecule has 144 valence electrons. The molecule has 0 aliphatic carbocycles. The van der Waals surface area contributed by atoms with Crippen molar-refractivity contribution in [1.82, 2.24) is 20.4 Å². The number of likely N-dealkylation sites (tertiary alicyclic amines) is 1. The average Bonchev–Trinajstić information content (AvgIpc) is 2.57. The summed E-state index contributed by atoms with van der Waals surface area (Å²) in [6.45, 7) is 12.3. The van der Waals surface area contributed by atoms with Crippen molar-refractivity contribution >= 4 is 29.9 Å². The zero-order valence-corrected chi connectivity index (χ0v) is 18.8. The highest BCUT2D eigenvalue weighted by Crippen LogP contribution is 2.15. The van der Waals surface area contributed by atoms with Gasteiger partial charge in [-0.25, -0.2) is 0 Å². The van der Waals surface area contributed by atoms with Crippen molar-refractivity contribution in [2.45, 2.75) is 65.0 Å². The lowest BCUT2D eigenvalue weighted by Crippen LogP contribution is -2.43. The van der Waals surface area contributed by atoms with Crippen molar-refractivity contribution in [3.05, 3.63) is 0 Å². The Morgan fingerprint density at radius 1 is 1.29 bits per heavy atom. The van der Waals surface area contributed by atoms with Crippen LogP contribution in [0.2, 0.25) is 0 Å². The standard InChI is InChI=1S/C18H39N5.HI/c1-6-16(2)22(5)15-12-21-18(19-4)20-11-9-14-23-13-8-7-10-17(23)3;/h16-17H,6-15H2,1-5H3,(H2,19,20,21);1H. The van der Waals surface area contributed by atoms with E-state index >= 15 is 0 Å². The molecule has 6 heteroatoms. The molecule has 1 aliphatic rings. The summed E-state index contributed by atoms with van der Waals surface area (Å²) in [5.74, 6) is 0.925. The Hall–Kier alpha value is -0.0800. The van der Waals surface area contributed by atoms with Gasteiger partial charge in [-0.1, -0.05) is 13.3 Å². The average molecular weight is 453 g/mol. The van der Waals surface area contributed by atoms with E-state index in [1.807, 2.05) is 7.05 Å². The van der Waals surface area contributed by atoms with Gasteiger partial charge >= 0.3 is 0 Å². The molecule has 2 atom stereocenters. The Morgan fingerprint density at radius 3 is 2.62 bits per heavy atom. The Balaban J connectivity index is 0.00000529. The fraction of sp³-hybridized carbons (Fsp3) is 0.944. The zero-order chi connectivity index (χ0) is 17.1. The van der Waals surface area contributed by atoms with Crippen molar-refractivity contribution < 1.29 is 0 Å². The Bertz CT molecular complexity index is 337. The van der Waals surface area contributed by atoms with E-state index in [1.54, 1.807) is 0 Å². The van der Waals surface area contributed by atoms with Crippen LogP contribution >= 0.6 is 24.0 Å². The molecule has 2 N–H and O–H groups in total. The number of piperidine rings is 1. The number of aliphatic imine (C=N–C) groups is 1. The molecule has 24 heavy (non-hydrogen) atoms. The summed E-state index contributed by atoms with van der Waals surface area (Å²) in [5, 5.41) is 6.84. The molecule has 0 aromatic rings. The first kappa shape index (κ1) is 23.9. The molecule has 1 heterocycles. The predicted octanol–water partition coefficient (Wildman–Crippen LogP) is 2.76. The molecule has 1 rings (SSSR count). The Kier molecular flexibility index (Phi) is 14.1. The second-order valence-electron chi connectivity index (χ2n) is 6.90. The van der Waals surface area contributed by atoms with Crippen LogP contribution < -0.4 is 10.6 Å². The van der Waals surface area contributed by atoms with Gasteiger partial charge in [0.2, 0.25) is 0 Å². The fourth-order valence-electron chi connectivity index (χ4n) is 3.08. The molecule has 0 spiro atoms. The van der Waals surface area contributed by atoms with Gasteiger partial charge in [0.05, 0.1) is 0 Å². The van der Waals surface area contributed by atoms with Gasteiger partial charge < -0.3 is 20.4 Å². The van der Waals surface area contributed by atoms with E-state index in [4.69, 9.17) is 0 Å². The van der Waals surface area contributed by atoms with Crippen LogP contribution in [-0.4, -0.2) is 74.7 Å². The minimum atomic E-state index is 0. The highest BCUT2D eigenvalue weighted by molar-refractivity contribution is 14.0. The highest BCUT2D eigenvalue weighted by atomic mass is 127. The zero-order valence-electron chi connectivity index (χ0n) is 16.5. The lowest BCUT2D eigenvalue weighted by atomic mass is 10.0. The largest absolute Gasteiger partial charge is 0.356 e. The van der Waals surface area contributed by atoms with E-state index in [9.17, 15) is 0 Å². The molecule has 1 fully saturated rings. The van der Waals surface area contributed by atoms with Gasteiger partial charge in [-0.2, -0.15) is 0 Å². The summed E-state index contributed by atoms with van der Waals surface area (Å²) in [5.41, 5.74) is 0. The molecule has 0 saturated carbocycles. The molecule has 0 amide bonds. The molecule has 5 nitrogen and oxygen atoms in total. The number of rotatable bonds is 9. The quantitative estimate of drug-likeness (QED) is 0.244. The van der Waals surface area contributed by atoms with E-state index < -0.39 is 0 Å². The Labute approximate surface area is 167 Å².